The first-order valence-electron chi connectivity index (χ1n) is 13.2. The van der Waals surface area contributed by atoms with Crippen molar-refractivity contribution in [3.8, 4) is 22.5 Å². The van der Waals surface area contributed by atoms with Crippen molar-refractivity contribution in [1.82, 2.24) is 25.5 Å². The Bertz CT molecular complexity index is 1600. The molecule has 0 saturated carbocycles. The van der Waals surface area contributed by atoms with Crippen LogP contribution in [0.25, 0.3) is 33.4 Å². The maximum atomic E-state index is 12.8. The van der Waals surface area contributed by atoms with Gasteiger partial charge in [-0.25, -0.2) is 4.98 Å². The van der Waals surface area contributed by atoms with Gasteiger partial charge < -0.3 is 15.0 Å². The van der Waals surface area contributed by atoms with Gasteiger partial charge in [0.1, 0.15) is 17.0 Å². The first-order chi connectivity index (χ1) is 19.1. The Morgan fingerprint density at radius 2 is 1.95 bits per heavy atom. The Kier molecular flexibility index (Phi) is 6.77. The zero-order valence-electron chi connectivity index (χ0n) is 22.0. The van der Waals surface area contributed by atoms with E-state index in [4.69, 9.17) is 14.7 Å². The lowest BCUT2D eigenvalue weighted by Crippen LogP contribution is -2.44. The molecule has 1 fully saturated rings. The van der Waals surface area contributed by atoms with Gasteiger partial charge >= 0.3 is 0 Å². The smallest absolute Gasteiger partial charge is 0.251 e. The maximum Gasteiger partial charge on any atom is 0.251 e. The zero-order valence-corrected chi connectivity index (χ0v) is 22.0. The molecule has 8 nitrogen and oxygen atoms in total. The van der Waals surface area contributed by atoms with Crippen molar-refractivity contribution in [3.05, 3.63) is 95.8 Å². The lowest BCUT2D eigenvalue weighted by Gasteiger charge is -2.34. The Morgan fingerprint density at radius 1 is 1.13 bits per heavy atom. The molecule has 5 aromatic rings. The molecule has 4 heterocycles. The summed E-state index contributed by atoms with van der Waals surface area (Å²) in [5, 5.41) is 11.2. The van der Waals surface area contributed by atoms with Gasteiger partial charge in [0.2, 0.25) is 0 Å². The van der Waals surface area contributed by atoms with Crippen molar-refractivity contribution in [2.75, 3.05) is 24.7 Å². The number of fused-ring (bicyclic) bond motifs is 1. The van der Waals surface area contributed by atoms with Crippen LogP contribution in [0.1, 0.15) is 28.4 Å². The van der Waals surface area contributed by atoms with E-state index in [1.807, 2.05) is 66.9 Å². The molecule has 1 amide bonds. The van der Waals surface area contributed by atoms with E-state index in [9.17, 15) is 4.79 Å². The Labute approximate surface area is 227 Å². The molecule has 1 unspecified atom stereocenters. The molecular formula is C31H30N6O2. The minimum absolute atomic E-state index is 0.102. The van der Waals surface area contributed by atoms with E-state index < -0.39 is 0 Å². The molecule has 0 spiro atoms. The number of ether oxygens (including phenoxy) is 1. The summed E-state index contributed by atoms with van der Waals surface area (Å²) in [5.74, 6) is 0.779. The molecule has 3 aromatic heterocycles. The number of aromatic nitrogens is 4. The molecule has 39 heavy (non-hydrogen) atoms. The fourth-order valence-electron chi connectivity index (χ4n) is 5.10. The number of pyridine rings is 2. The molecule has 6 rings (SSSR count). The molecule has 0 radical (unpaired) electrons. The Morgan fingerprint density at radius 3 is 2.69 bits per heavy atom. The number of H-pyrrole nitrogens is 1. The van der Waals surface area contributed by atoms with Crippen LogP contribution in [0.2, 0.25) is 0 Å². The van der Waals surface area contributed by atoms with Crippen LogP contribution in [0.4, 0.5) is 5.82 Å². The van der Waals surface area contributed by atoms with Gasteiger partial charge in [-0.15, -0.1) is 0 Å². The van der Waals surface area contributed by atoms with Crippen LogP contribution in [0.5, 0.6) is 0 Å². The third-order valence-corrected chi connectivity index (χ3v) is 7.18. The van der Waals surface area contributed by atoms with Crippen molar-refractivity contribution in [2.24, 2.45) is 0 Å². The largest absolute Gasteiger partial charge is 0.377 e. The number of benzene rings is 2. The van der Waals surface area contributed by atoms with Crippen LogP contribution in [0.15, 0.2) is 79.1 Å². The van der Waals surface area contributed by atoms with Gasteiger partial charge in [0, 0.05) is 36.4 Å². The number of aromatic amines is 1. The summed E-state index contributed by atoms with van der Waals surface area (Å²) in [6, 6.07) is 21.9. The standard InChI is InChI=1S/C31H30N6O2/c1-20-17-32-29(26-12-13-34-36-26)30-28(20)25(16-27(35-30)37-14-15-39-19-21(37)2)23-8-10-24(11-9-23)31(38)33-18-22-6-4-3-5-7-22/h3-13,16-17,21H,14-15,18-19H2,1-2H3,(H,33,38)(H,34,36). The van der Waals surface area contributed by atoms with Gasteiger partial charge in [-0.1, -0.05) is 42.5 Å². The van der Waals surface area contributed by atoms with Gasteiger partial charge in [0.25, 0.3) is 5.91 Å². The second kappa shape index (κ2) is 10.7. The molecule has 2 aromatic carbocycles. The summed E-state index contributed by atoms with van der Waals surface area (Å²) in [7, 11) is 0. The SMILES string of the molecule is Cc1cnc(-c2ccn[nH]2)c2nc(N3CCOCC3C)cc(-c3ccc(C(=O)NCc4ccccc4)cc3)c12. The Hall–Kier alpha value is -4.56. The Balaban J connectivity index is 1.41. The van der Waals surface area contributed by atoms with Gasteiger partial charge in [-0.2, -0.15) is 5.10 Å². The van der Waals surface area contributed by atoms with Crippen molar-refractivity contribution >= 4 is 22.6 Å². The third-order valence-electron chi connectivity index (χ3n) is 7.18. The number of morpholine rings is 1. The number of carbonyl (C=O) groups is 1. The number of carbonyl (C=O) groups excluding carboxylic acids is 1. The van der Waals surface area contributed by atoms with E-state index in [1.54, 1.807) is 6.20 Å². The minimum Gasteiger partial charge on any atom is -0.377 e. The predicted octanol–water partition coefficient (Wildman–Crippen LogP) is 5.15. The number of hydrogen-bond acceptors (Lipinski definition) is 6. The summed E-state index contributed by atoms with van der Waals surface area (Å²) in [6.45, 7) is 6.77. The molecule has 2 N–H and O–H groups in total. The number of hydrogen-bond donors (Lipinski definition) is 2. The average molecular weight is 519 g/mol. The maximum absolute atomic E-state index is 12.8. The van der Waals surface area contributed by atoms with Gasteiger partial charge in [0.15, 0.2) is 0 Å². The summed E-state index contributed by atoms with van der Waals surface area (Å²) >= 11 is 0. The van der Waals surface area contributed by atoms with E-state index in [0.717, 1.165) is 56.9 Å². The fraction of sp³-hybridized carbons (Fsp3) is 0.226. The second-order valence-electron chi connectivity index (χ2n) is 9.87. The van der Waals surface area contributed by atoms with E-state index >= 15 is 0 Å². The molecule has 8 heteroatoms. The number of anilines is 1. The van der Waals surface area contributed by atoms with E-state index in [2.05, 4.69) is 40.3 Å². The quantitative estimate of drug-likeness (QED) is 0.323. The van der Waals surface area contributed by atoms with Crippen molar-refractivity contribution in [1.29, 1.82) is 0 Å². The highest BCUT2D eigenvalue weighted by Crippen LogP contribution is 2.37. The molecule has 1 aliphatic rings. The number of rotatable bonds is 6. The van der Waals surface area contributed by atoms with E-state index in [-0.39, 0.29) is 11.9 Å². The monoisotopic (exact) mass is 518 g/mol. The van der Waals surface area contributed by atoms with E-state index in [1.165, 1.54) is 0 Å². The number of amides is 1. The summed E-state index contributed by atoms with van der Waals surface area (Å²) < 4.78 is 5.69. The number of aryl methyl sites for hydroxylation is 1. The summed E-state index contributed by atoms with van der Waals surface area (Å²) in [5.41, 5.74) is 7.15. The highest BCUT2D eigenvalue weighted by atomic mass is 16.5. The van der Waals surface area contributed by atoms with Crippen LogP contribution < -0.4 is 10.2 Å². The highest BCUT2D eigenvalue weighted by molar-refractivity contribution is 6.04. The van der Waals surface area contributed by atoms with Gasteiger partial charge in [-0.05, 0) is 60.4 Å². The lowest BCUT2D eigenvalue weighted by atomic mass is 9.96. The van der Waals surface area contributed by atoms with Crippen LogP contribution in [0.3, 0.4) is 0 Å². The second-order valence-corrected chi connectivity index (χ2v) is 9.87. The van der Waals surface area contributed by atoms with E-state index in [0.29, 0.717) is 25.3 Å². The summed E-state index contributed by atoms with van der Waals surface area (Å²) in [6.07, 6.45) is 3.60. The number of nitrogens with one attached hydrogen (secondary N) is 2. The first kappa shape index (κ1) is 24.8. The molecule has 1 saturated heterocycles. The molecule has 0 aliphatic carbocycles. The van der Waals surface area contributed by atoms with Crippen LogP contribution in [0, 0.1) is 6.92 Å². The minimum atomic E-state index is -0.102. The van der Waals surface area contributed by atoms with Crippen molar-refractivity contribution < 1.29 is 9.53 Å². The molecule has 1 atom stereocenters. The first-order valence-corrected chi connectivity index (χ1v) is 13.2. The predicted molar refractivity (Wildman–Crippen MR) is 153 cm³/mol. The number of nitrogens with zero attached hydrogens (tertiary/aromatic N) is 4. The molecular weight excluding hydrogens is 488 g/mol. The highest BCUT2D eigenvalue weighted by Gasteiger charge is 2.24. The normalized spacial score (nSPS) is 15.4. The topological polar surface area (TPSA) is 96.0 Å². The summed E-state index contributed by atoms with van der Waals surface area (Å²) in [4.78, 5) is 25.0. The van der Waals surface area contributed by atoms with Crippen molar-refractivity contribution in [3.63, 3.8) is 0 Å². The fourth-order valence-corrected chi connectivity index (χ4v) is 5.10. The van der Waals surface area contributed by atoms with Crippen LogP contribution >= 0.6 is 0 Å². The van der Waals surface area contributed by atoms with Crippen LogP contribution in [-0.2, 0) is 11.3 Å². The molecule has 196 valence electrons. The van der Waals surface area contributed by atoms with Gasteiger partial charge in [0.05, 0.1) is 24.9 Å². The average Bonchev–Trinajstić information content (AvgIpc) is 3.51. The lowest BCUT2D eigenvalue weighted by molar-refractivity contribution is 0.0951. The van der Waals surface area contributed by atoms with Crippen molar-refractivity contribution in [2.45, 2.75) is 26.4 Å². The zero-order chi connectivity index (χ0) is 26.8. The molecule has 0 bridgehead atoms. The van der Waals surface area contributed by atoms with Gasteiger partial charge in [-0.3, -0.25) is 14.9 Å². The molecule has 1 aliphatic heterocycles. The van der Waals surface area contributed by atoms with Crippen LogP contribution in [-0.4, -0.2) is 51.9 Å². The third kappa shape index (κ3) is 4.98.